The van der Waals surface area contributed by atoms with Gasteiger partial charge >= 0.3 is 0 Å². The molecular formula is C12H16Cl2N2O. The molecule has 0 aliphatic rings. The second-order valence-electron chi connectivity index (χ2n) is 3.80. The van der Waals surface area contributed by atoms with Gasteiger partial charge in [0.25, 0.3) is 5.91 Å². The molecular weight excluding hydrogens is 259 g/mol. The first-order valence-electron chi connectivity index (χ1n) is 5.51. The van der Waals surface area contributed by atoms with Crippen molar-refractivity contribution >= 4 is 29.1 Å². The first kappa shape index (κ1) is 14.3. The van der Waals surface area contributed by atoms with Crippen LogP contribution in [-0.4, -0.2) is 25.0 Å². The van der Waals surface area contributed by atoms with Crippen molar-refractivity contribution in [2.24, 2.45) is 0 Å². The Hall–Kier alpha value is -0.770. The normalized spacial score (nSPS) is 12.2. The summed E-state index contributed by atoms with van der Waals surface area (Å²) in [5.74, 6) is -0.145. The van der Waals surface area contributed by atoms with Crippen LogP contribution in [0, 0.1) is 0 Å². The van der Waals surface area contributed by atoms with Crippen LogP contribution in [0.3, 0.4) is 0 Å². The van der Waals surface area contributed by atoms with Gasteiger partial charge in [0.1, 0.15) is 0 Å². The molecule has 5 heteroatoms. The number of benzene rings is 1. The average Bonchev–Trinajstić information content (AvgIpc) is 2.30. The standard InChI is InChI=1S/C12H16Cl2N2O/c1-3-15-8(2)7-16-12(17)9-4-5-10(13)11(14)6-9/h4-6,8,15H,3,7H2,1-2H3,(H,16,17)/t8-/m1/s1. The summed E-state index contributed by atoms with van der Waals surface area (Å²) in [7, 11) is 0. The van der Waals surface area contributed by atoms with Crippen LogP contribution in [0.2, 0.25) is 10.0 Å². The summed E-state index contributed by atoms with van der Waals surface area (Å²) in [5.41, 5.74) is 0.517. The van der Waals surface area contributed by atoms with Gasteiger partial charge in [-0.25, -0.2) is 0 Å². The van der Waals surface area contributed by atoms with Crippen molar-refractivity contribution in [2.45, 2.75) is 19.9 Å². The molecule has 1 aromatic carbocycles. The van der Waals surface area contributed by atoms with Gasteiger partial charge in [-0.05, 0) is 31.7 Å². The molecule has 0 fully saturated rings. The van der Waals surface area contributed by atoms with Crippen LogP contribution in [0.4, 0.5) is 0 Å². The second kappa shape index (κ2) is 6.84. The maximum Gasteiger partial charge on any atom is 0.251 e. The monoisotopic (exact) mass is 274 g/mol. The number of hydrogen-bond donors (Lipinski definition) is 2. The third-order valence-electron chi connectivity index (χ3n) is 2.30. The Morgan fingerprint density at radius 3 is 2.65 bits per heavy atom. The highest BCUT2D eigenvalue weighted by Crippen LogP contribution is 2.22. The van der Waals surface area contributed by atoms with Gasteiger partial charge < -0.3 is 10.6 Å². The highest BCUT2D eigenvalue weighted by molar-refractivity contribution is 6.42. The van der Waals surface area contributed by atoms with E-state index in [4.69, 9.17) is 23.2 Å². The molecule has 0 aliphatic heterocycles. The minimum absolute atomic E-state index is 0.145. The van der Waals surface area contributed by atoms with Crippen molar-refractivity contribution in [2.75, 3.05) is 13.1 Å². The molecule has 0 aromatic heterocycles. The Kier molecular flexibility index (Phi) is 5.75. The molecule has 3 nitrogen and oxygen atoms in total. The maximum absolute atomic E-state index is 11.8. The fraction of sp³-hybridized carbons (Fsp3) is 0.417. The molecule has 1 aromatic rings. The molecule has 0 unspecified atom stereocenters. The molecule has 94 valence electrons. The number of carbonyl (C=O) groups is 1. The van der Waals surface area contributed by atoms with E-state index < -0.39 is 0 Å². The van der Waals surface area contributed by atoms with Gasteiger partial charge in [0, 0.05) is 18.2 Å². The van der Waals surface area contributed by atoms with Crippen LogP contribution < -0.4 is 10.6 Å². The number of rotatable bonds is 5. The third-order valence-corrected chi connectivity index (χ3v) is 3.04. The molecule has 1 atom stereocenters. The van der Waals surface area contributed by atoms with Gasteiger partial charge in [-0.1, -0.05) is 30.1 Å². The van der Waals surface area contributed by atoms with Crippen molar-refractivity contribution in [3.63, 3.8) is 0 Å². The molecule has 0 aliphatic carbocycles. The third kappa shape index (κ3) is 4.54. The molecule has 1 rings (SSSR count). The van der Waals surface area contributed by atoms with Crippen molar-refractivity contribution in [1.82, 2.24) is 10.6 Å². The summed E-state index contributed by atoms with van der Waals surface area (Å²) in [6, 6.07) is 5.08. The van der Waals surface area contributed by atoms with Gasteiger partial charge in [0.15, 0.2) is 0 Å². The SMILES string of the molecule is CCN[C@H](C)CNC(=O)c1ccc(Cl)c(Cl)c1. The van der Waals surface area contributed by atoms with Crippen molar-refractivity contribution in [3.05, 3.63) is 33.8 Å². The largest absolute Gasteiger partial charge is 0.350 e. The van der Waals surface area contributed by atoms with E-state index in [0.29, 0.717) is 22.2 Å². The number of likely N-dealkylation sites (N-methyl/N-ethyl adjacent to an activating group) is 1. The van der Waals surface area contributed by atoms with E-state index in [0.717, 1.165) is 6.54 Å². The lowest BCUT2D eigenvalue weighted by Gasteiger charge is -2.13. The molecule has 0 heterocycles. The zero-order valence-electron chi connectivity index (χ0n) is 9.89. The van der Waals surface area contributed by atoms with E-state index in [1.54, 1.807) is 18.2 Å². The highest BCUT2D eigenvalue weighted by atomic mass is 35.5. The smallest absolute Gasteiger partial charge is 0.251 e. The van der Waals surface area contributed by atoms with E-state index in [1.807, 2.05) is 13.8 Å². The second-order valence-corrected chi connectivity index (χ2v) is 4.61. The van der Waals surface area contributed by atoms with E-state index >= 15 is 0 Å². The Bertz CT molecular complexity index is 396. The summed E-state index contributed by atoms with van der Waals surface area (Å²) < 4.78 is 0. The number of halogens is 2. The number of hydrogen-bond acceptors (Lipinski definition) is 2. The summed E-state index contributed by atoms with van der Waals surface area (Å²) in [4.78, 5) is 11.8. The Morgan fingerprint density at radius 2 is 2.06 bits per heavy atom. The molecule has 17 heavy (non-hydrogen) atoms. The van der Waals surface area contributed by atoms with Crippen LogP contribution in [-0.2, 0) is 0 Å². The lowest BCUT2D eigenvalue weighted by molar-refractivity contribution is 0.0950. The van der Waals surface area contributed by atoms with Gasteiger partial charge in [0.05, 0.1) is 10.0 Å². The minimum Gasteiger partial charge on any atom is -0.350 e. The summed E-state index contributed by atoms with van der Waals surface area (Å²) in [6.45, 7) is 5.49. The predicted octanol–water partition coefficient (Wildman–Crippen LogP) is 2.72. The summed E-state index contributed by atoms with van der Waals surface area (Å²) in [6.07, 6.45) is 0. The van der Waals surface area contributed by atoms with Crippen LogP contribution in [0.5, 0.6) is 0 Å². The maximum atomic E-state index is 11.8. The fourth-order valence-electron chi connectivity index (χ4n) is 1.41. The highest BCUT2D eigenvalue weighted by Gasteiger charge is 2.08. The van der Waals surface area contributed by atoms with Crippen LogP contribution in [0.15, 0.2) is 18.2 Å². The number of nitrogens with one attached hydrogen (secondary N) is 2. The van der Waals surface area contributed by atoms with E-state index in [9.17, 15) is 4.79 Å². The molecule has 0 saturated heterocycles. The molecule has 0 spiro atoms. The van der Waals surface area contributed by atoms with Gasteiger partial charge in [-0.3, -0.25) is 4.79 Å². The van der Waals surface area contributed by atoms with E-state index in [-0.39, 0.29) is 11.9 Å². The van der Waals surface area contributed by atoms with Crippen LogP contribution >= 0.6 is 23.2 Å². The van der Waals surface area contributed by atoms with Gasteiger partial charge in [0.2, 0.25) is 0 Å². The molecule has 1 amide bonds. The molecule has 0 radical (unpaired) electrons. The molecule has 2 N–H and O–H groups in total. The van der Waals surface area contributed by atoms with Gasteiger partial charge in [-0.2, -0.15) is 0 Å². The lowest BCUT2D eigenvalue weighted by Crippen LogP contribution is -2.38. The first-order chi connectivity index (χ1) is 8.04. The van der Waals surface area contributed by atoms with Crippen molar-refractivity contribution in [1.29, 1.82) is 0 Å². The van der Waals surface area contributed by atoms with E-state index in [2.05, 4.69) is 10.6 Å². The Morgan fingerprint density at radius 1 is 1.35 bits per heavy atom. The molecule has 0 bridgehead atoms. The Labute approximate surface area is 111 Å². The zero-order valence-corrected chi connectivity index (χ0v) is 11.4. The summed E-state index contributed by atoms with van der Waals surface area (Å²) >= 11 is 11.6. The van der Waals surface area contributed by atoms with Crippen LogP contribution in [0.1, 0.15) is 24.2 Å². The Balaban J connectivity index is 2.55. The fourth-order valence-corrected chi connectivity index (χ4v) is 1.70. The van der Waals surface area contributed by atoms with Crippen molar-refractivity contribution < 1.29 is 4.79 Å². The number of carbonyl (C=O) groups excluding carboxylic acids is 1. The van der Waals surface area contributed by atoms with Crippen LogP contribution in [0.25, 0.3) is 0 Å². The predicted molar refractivity (Wildman–Crippen MR) is 71.9 cm³/mol. The topological polar surface area (TPSA) is 41.1 Å². The lowest BCUT2D eigenvalue weighted by atomic mass is 10.2. The average molecular weight is 275 g/mol. The van der Waals surface area contributed by atoms with E-state index in [1.165, 1.54) is 0 Å². The minimum atomic E-state index is -0.145. The number of amides is 1. The molecule has 0 saturated carbocycles. The first-order valence-corrected chi connectivity index (χ1v) is 6.26. The van der Waals surface area contributed by atoms with Gasteiger partial charge in [-0.15, -0.1) is 0 Å². The van der Waals surface area contributed by atoms with Crippen molar-refractivity contribution in [3.8, 4) is 0 Å². The summed E-state index contributed by atoms with van der Waals surface area (Å²) in [5, 5.41) is 6.87. The quantitative estimate of drug-likeness (QED) is 0.867. The zero-order chi connectivity index (χ0) is 12.8.